The van der Waals surface area contributed by atoms with Crippen LogP contribution in [-0.4, -0.2) is 43.5 Å². The molecule has 2 aliphatic rings. The Hall–Kier alpha value is -2.93. The summed E-state index contributed by atoms with van der Waals surface area (Å²) in [5.74, 6) is 0.743. The van der Waals surface area contributed by atoms with Crippen LogP contribution in [0.25, 0.3) is 0 Å². The van der Waals surface area contributed by atoms with Crippen LogP contribution in [0, 0.1) is 0 Å². The summed E-state index contributed by atoms with van der Waals surface area (Å²) in [6, 6.07) is 13.0. The number of carbonyl (C=O) groups is 2. The maximum Gasteiger partial charge on any atom is 0.336 e. The maximum absolute atomic E-state index is 13.5. The topological polar surface area (TPSA) is 77.4 Å². The molecule has 0 fully saturated rings. The molecule has 2 amide bonds. The van der Waals surface area contributed by atoms with Crippen LogP contribution in [0.3, 0.4) is 0 Å². The van der Waals surface area contributed by atoms with Gasteiger partial charge >= 0.3 is 5.91 Å². The first-order valence-corrected chi connectivity index (χ1v) is 10.1. The molecule has 3 N–H and O–H groups in total. The third-order valence-electron chi connectivity index (χ3n) is 5.99. The number of aromatic nitrogens is 1. The highest BCUT2D eigenvalue weighted by molar-refractivity contribution is 6.01. The molecule has 0 aliphatic carbocycles. The fourth-order valence-corrected chi connectivity index (χ4v) is 4.20. The molecule has 0 spiro atoms. The van der Waals surface area contributed by atoms with Gasteiger partial charge in [-0.15, -0.1) is 0 Å². The van der Waals surface area contributed by atoms with Crippen molar-refractivity contribution < 1.29 is 14.2 Å². The normalized spacial score (nSPS) is 23.5. The van der Waals surface area contributed by atoms with E-state index in [0.29, 0.717) is 6.54 Å². The van der Waals surface area contributed by atoms with Crippen molar-refractivity contribution in [2.45, 2.75) is 44.4 Å². The van der Waals surface area contributed by atoms with E-state index in [4.69, 9.17) is 0 Å². The number of pyridine rings is 1. The van der Waals surface area contributed by atoms with Gasteiger partial charge in [0.05, 0.1) is 18.8 Å². The van der Waals surface area contributed by atoms with Gasteiger partial charge in [-0.25, -0.2) is 9.36 Å². The van der Waals surface area contributed by atoms with Gasteiger partial charge in [-0.3, -0.25) is 4.79 Å². The second-order valence-corrected chi connectivity index (χ2v) is 7.81. The molecule has 0 saturated heterocycles. The SMILES string of the molecule is CNC(C)C(=O)NC1C(=O)N2c3c(ccc[n+]3C1C)CC2CNc1ccccc1. The van der Waals surface area contributed by atoms with Gasteiger partial charge in [-0.2, -0.15) is 4.90 Å². The Balaban J connectivity index is 1.61. The lowest BCUT2D eigenvalue weighted by atomic mass is 10.0. The predicted octanol–water partition coefficient (Wildman–Crippen LogP) is 1.01. The molecule has 152 valence electrons. The first kappa shape index (κ1) is 19.4. The minimum absolute atomic E-state index is 0.0000169. The van der Waals surface area contributed by atoms with Crippen LogP contribution in [0.5, 0.6) is 0 Å². The van der Waals surface area contributed by atoms with Crippen LogP contribution in [0.1, 0.15) is 25.5 Å². The van der Waals surface area contributed by atoms with Crippen molar-refractivity contribution in [2.24, 2.45) is 0 Å². The van der Waals surface area contributed by atoms with Crippen LogP contribution in [0.2, 0.25) is 0 Å². The summed E-state index contributed by atoms with van der Waals surface area (Å²) in [6.07, 6.45) is 2.79. The molecule has 3 heterocycles. The van der Waals surface area contributed by atoms with Gasteiger partial charge in [0.25, 0.3) is 5.82 Å². The molecule has 7 heteroatoms. The number of nitrogens with one attached hydrogen (secondary N) is 3. The zero-order valence-corrected chi connectivity index (χ0v) is 17.1. The summed E-state index contributed by atoms with van der Waals surface area (Å²) in [5, 5.41) is 9.33. The second-order valence-electron chi connectivity index (χ2n) is 7.81. The van der Waals surface area contributed by atoms with Crippen LogP contribution in [0.4, 0.5) is 11.5 Å². The highest BCUT2D eigenvalue weighted by Crippen LogP contribution is 2.34. The quantitative estimate of drug-likeness (QED) is 0.639. The summed E-state index contributed by atoms with van der Waals surface area (Å²) in [4.78, 5) is 27.8. The third-order valence-corrected chi connectivity index (χ3v) is 5.99. The number of likely N-dealkylation sites (N-methyl/N-ethyl adjacent to an activating group) is 1. The minimum Gasteiger partial charge on any atom is -0.381 e. The van der Waals surface area contributed by atoms with Crippen molar-refractivity contribution in [1.29, 1.82) is 0 Å². The minimum atomic E-state index is -0.594. The lowest BCUT2D eigenvalue weighted by Crippen LogP contribution is -2.67. The molecule has 29 heavy (non-hydrogen) atoms. The zero-order chi connectivity index (χ0) is 20.5. The number of anilines is 2. The molecular formula is C22H28N5O2+. The smallest absolute Gasteiger partial charge is 0.336 e. The number of rotatable bonds is 6. The average Bonchev–Trinajstić information content (AvgIpc) is 3.12. The maximum atomic E-state index is 13.5. The summed E-state index contributed by atoms with van der Waals surface area (Å²) in [5.41, 5.74) is 2.20. The molecule has 4 atom stereocenters. The first-order chi connectivity index (χ1) is 14.0. The number of nitrogens with zero attached hydrogens (tertiary/aromatic N) is 2. The number of hydrogen-bond acceptors (Lipinski definition) is 4. The molecular weight excluding hydrogens is 366 g/mol. The van der Waals surface area contributed by atoms with Crippen molar-refractivity contribution in [1.82, 2.24) is 10.6 Å². The van der Waals surface area contributed by atoms with Gasteiger partial charge in [0.2, 0.25) is 5.91 Å². The highest BCUT2D eigenvalue weighted by atomic mass is 16.2. The Bertz CT molecular complexity index is 917. The molecule has 1 aromatic heterocycles. The first-order valence-electron chi connectivity index (χ1n) is 10.1. The average molecular weight is 394 g/mol. The Labute approximate surface area is 171 Å². The second kappa shape index (κ2) is 7.83. The van der Waals surface area contributed by atoms with Crippen LogP contribution in [-0.2, 0) is 16.0 Å². The summed E-state index contributed by atoms with van der Waals surface area (Å²) in [7, 11) is 1.73. The van der Waals surface area contributed by atoms with Crippen molar-refractivity contribution in [2.75, 3.05) is 23.8 Å². The van der Waals surface area contributed by atoms with E-state index in [1.54, 1.807) is 14.0 Å². The van der Waals surface area contributed by atoms with Gasteiger partial charge in [0.15, 0.2) is 6.04 Å². The molecule has 4 rings (SSSR count). The van der Waals surface area contributed by atoms with Crippen molar-refractivity contribution in [3.05, 3.63) is 54.2 Å². The highest BCUT2D eigenvalue weighted by Gasteiger charge is 2.53. The molecule has 4 unspecified atom stereocenters. The van der Waals surface area contributed by atoms with Crippen molar-refractivity contribution >= 4 is 23.3 Å². The summed E-state index contributed by atoms with van der Waals surface area (Å²) in [6.45, 7) is 4.42. The standard InChI is InChI=1S/C22H27N5O2/c1-14(23-3)20(28)25-19-15(2)26-11-7-8-16-12-18(27(21(16)26)22(19)29)13-24-17-9-5-4-6-10-17/h4-11,14-15,18-19,23-24H,12-13H2,1-3H3/p+1. The number of para-hydroxylation sites is 1. The van der Waals surface area contributed by atoms with Gasteiger partial charge < -0.3 is 16.0 Å². The molecule has 0 saturated carbocycles. The number of carbonyl (C=O) groups excluding carboxylic acids is 2. The Kier molecular flexibility index (Phi) is 5.24. The Morgan fingerprint density at radius 2 is 2.00 bits per heavy atom. The van der Waals surface area contributed by atoms with E-state index < -0.39 is 6.04 Å². The monoisotopic (exact) mass is 394 g/mol. The number of hydrogen-bond donors (Lipinski definition) is 3. The Morgan fingerprint density at radius 3 is 2.72 bits per heavy atom. The van der Waals surface area contributed by atoms with E-state index in [-0.39, 0.29) is 29.9 Å². The van der Waals surface area contributed by atoms with E-state index in [9.17, 15) is 9.59 Å². The number of amides is 2. The van der Waals surface area contributed by atoms with Crippen LogP contribution >= 0.6 is 0 Å². The fraction of sp³-hybridized carbons (Fsp3) is 0.409. The van der Waals surface area contributed by atoms with Gasteiger partial charge in [0, 0.05) is 17.7 Å². The van der Waals surface area contributed by atoms with Gasteiger partial charge in [-0.05, 0) is 45.2 Å². The molecule has 1 aromatic carbocycles. The molecule has 2 aliphatic heterocycles. The van der Waals surface area contributed by atoms with E-state index in [1.165, 1.54) is 5.56 Å². The fourth-order valence-electron chi connectivity index (χ4n) is 4.20. The molecule has 0 radical (unpaired) electrons. The lowest BCUT2D eigenvalue weighted by molar-refractivity contribution is -0.710. The van der Waals surface area contributed by atoms with E-state index in [2.05, 4.69) is 26.6 Å². The van der Waals surface area contributed by atoms with Crippen LogP contribution in [0.15, 0.2) is 48.7 Å². The number of benzene rings is 1. The molecule has 7 nitrogen and oxygen atoms in total. The van der Waals surface area contributed by atoms with Gasteiger partial charge in [-0.1, -0.05) is 18.2 Å². The summed E-state index contributed by atoms with van der Waals surface area (Å²) >= 11 is 0. The molecule has 2 aromatic rings. The van der Waals surface area contributed by atoms with Gasteiger partial charge in [0.1, 0.15) is 12.1 Å². The van der Waals surface area contributed by atoms with E-state index >= 15 is 0 Å². The third kappa shape index (κ3) is 3.46. The van der Waals surface area contributed by atoms with Crippen LogP contribution < -0.4 is 25.4 Å². The van der Waals surface area contributed by atoms with E-state index in [0.717, 1.165) is 17.9 Å². The Morgan fingerprint density at radius 1 is 1.24 bits per heavy atom. The largest absolute Gasteiger partial charge is 0.381 e. The molecule has 0 bridgehead atoms. The lowest BCUT2D eigenvalue weighted by Gasteiger charge is -2.33. The summed E-state index contributed by atoms with van der Waals surface area (Å²) < 4.78 is 2.12. The zero-order valence-electron chi connectivity index (χ0n) is 17.1. The van der Waals surface area contributed by atoms with Crippen molar-refractivity contribution in [3.8, 4) is 0 Å². The van der Waals surface area contributed by atoms with Crippen molar-refractivity contribution in [3.63, 3.8) is 0 Å². The predicted molar refractivity (Wildman–Crippen MR) is 112 cm³/mol. The van der Waals surface area contributed by atoms with E-state index in [1.807, 2.05) is 54.4 Å².